The fraction of sp³-hybridized carbons (Fsp3) is 0.625. The molecular formula is C8H13N3O. The molecule has 0 spiro atoms. The largest absolute Gasteiger partial charge is 0.300 e. The molecule has 0 saturated heterocycles. The second-order valence-electron chi connectivity index (χ2n) is 3.04. The molecular weight excluding hydrogens is 154 g/mol. The van der Waals surface area contributed by atoms with Crippen molar-refractivity contribution in [1.29, 1.82) is 0 Å². The lowest BCUT2D eigenvalue weighted by Gasteiger charge is -2.02. The molecule has 0 aliphatic rings. The maximum Gasteiger partial charge on any atom is 0.133 e. The Morgan fingerprint density at radius 2 is 2.42 bits per heavy atom. The van der Waals surface area contributed by atoms with Crippen LogP contribution in [-0.4, -0.2) is 20.8 Å². The van der Waals surface area contributed by atoms with Gasteiger partial charge in [0.15, 0.2) is 0 Å². The Kier molecular flexibility index (Phi) is 2.58. The summed E-state index contributed by atoms with van der Waals surface area (Å²) in [6.07, 6.45) is 2.38. The number of Topliss-reactive ketones (excluding diaryl/α,β-unsaturated/α-hetero) is 1. The van der Waals surface area contributed by atoms with E-state index >= 15 is 0 Å². The molecule has 0 bridgehead atoms. The monoisotopic (exact) mass is 167 g/mol. The van der Waals surface area contributed by atoms with Gasteiger partial charge in [-0.25, -0.2) is 0 Å². The van der Waals surface area contributed by atoms with E-state index in [-0.39, 0.29) is 11.7 Å². The number of hydrogen-bond acceptors (Lipinski definition) is 3. The zero-order valence-electron chi connectivity index (χ0n) is 7.61. The van der Waals surface area contributed by atoms with Gasteiger partial charge in [-0.15, -0.1) is 0 Å². The molecule has 0 aromatic carbocycles. The fourth-order valence-corrected chi connectivity index (χ4v) is 0.939. The summed E-state index contributed by atoms with van der Waals surface area (Å²) in [6.45, 7) is 3.50. The first-order valence-electron chi connectivity index (χ1n) is 3.95. The highest BCUT2D eigenvalue weighted by Gasteiger charge is 2.10. The average Bonchev–Trinajstić information content (AvgIpc) is 2.35. The topological polar surface area (TPSA) is 47.8 Å². The Labute approximate surface area is 71.6 Å². The molecule has 0 fully saturated rings. The summed E-state index contributed by atoms with van der Waals surface area (Å²) in [7, 11) is 1.77. The summed E-state index contributed by atoms with van der Waals surface area (Å²) in [6, 6.07) is 0. The van der Waals surface area contributed by atoms with Crippen LogP contribution in [0.15, 0.2) is 6.20 Å². The number of aromatic nitrogens is 3. The van der Waals surface area contributed by atoms with Crippen molar-refractivity contribution >= 4 is 5.78 Å². The van der Waals surface area contributed by atoms with E-state index in [1.165, 1.54) is 4.80 Å². The number of ketones is 1. The number of nitrogens with zero attached hydrogens (tertiary/aromatic N) is 3. The number of carbonyl (C=O) groups is 1. The number of hydrogen-bond donors (Lipinski definition) is 0. The molecule has 12 heavy (non-hydrogen) atoms. The van der Waals surface area contributed by atoms with Crippen molar-refractivity contribution in [1.82, 2.24) is 15.0 Å². The Morgan fingerprint density at radius 3 is 2.83 bits per heavy atom. The van der Waals surface area contributed by atoms with Crippen molar-refractivity contribution in [2.24, 2.45) is 13.0 Å². The van der Waals surface area contributed by atoms with E-state index in [2.05, 4.69) is 10.2 Å². The van der Waals surface area contributed by atoms with Gasteiger partial charge in [-0.2, -0.15) is 15.0 Å². The average molecular weight is 167 g/mol. The van der Waals surface area contributed by atoms with Crippen LogP contribution in [0.4, 0.5) is 0 Å². The molecule has 0 aliphatic carbocycles. The van der Waals surface area contributed by atoms with E-state index in [4.69, 9.17) is 0 Å². The lowest BCUT2D eigenvalue weighted by atomic mass is 10.0. The quantitative estimate of drug-likeness (QED) is 0.661. The molecule has 1 rings (SSSR count). The van der Waals surface area contributed by atoms with Gasteiger partial charge in [-0.3, -0.25) is 4.79 Å². The lowest BCUT2D eigenvalue weighted by Crippen LogP contribution is -2.10. The zero-order valence-corrected chi connectivity index (χ0v) is 7.61. The van der Waals surface area contributed by atoms with Crippen molar-refractivity contribution in [2.45, 2.75) is 20.3 Å². The van der Waals surface area contributed by atoms with Crippen molar-refractivity contribution in [3.63, 3.8) is 0 Å². The molecule has 1 aromatic rings. The number of carbonyl (C=O) groups excluding carboxylic acids is 1. The van der Waals surface area contributed by atoms with E-state index in [9.17, 15) is 4.79 Å². The van der Waals surface area contributed by atoms with Crippen LogP contribution in [0.25, 0.3) is 0 Å². The third-order valence-corrected chi connectivity index (χ3v) is 1.86. The SMILES string of the molecule is CC(=O)C(C)Cc1cnn(C)n1. The first kappa shape index (κ1) is 8.90. The summed E-state index contributed by atoms with van der Waals surface area (Å²) < 4.78 is 0. The molecule has 66 valence electrons. The predicted octanol–water partition coefficient (Wildman–Crippen LogP) is 0.583. The molecule has 0 N–H and O–H groups in total. The minimum atomic E-state index is 0.0432. The van der Waals surface area contributed by atoms with Crippen LogP contribution in [0.1, 0.15) is 19.5 Å². The van der Waals surface area contributed by atoms with E-state index in [1.54, 1.807) is 20.2 Å². The second-order valence-corrected chi connectivity index (χ2v) is 3.04. The predicted molar refractivity (Wildman–Crippen MR) is 44.6 cm³/mol. The molecule has 1 aromatic heterocycles. The summed E-state index contributed by atoms with van der Waals surface area (Å²) in [5.41, 5.74) is 0.875. The highest BCUT2D eigenvalue weighted by molar-refractivity contribution is 5.78. The normalized spacial score (nSPS) is 12.9. The smallest absolute Gasteiger partial charge is 0.133 e. The Bertz CT molecular complexity index is 280. The summed E-state index contributed by atoms with van der Waals surface area (Å²) in [4.78, 5) is 12.4. The maximum absolute atomic E-state index is 10.9. The highest BCUT2D eigenvalue weighted by atomic mass is 16.1. The van der Waals surface area contributed by atoms with Gasteiger partial charge in [0, 0.05) is 19.4 Å². The van der Waals surface area contributed by atoms with E-state index in [0.717, 1.165) is 5.69 Å². The summed E-state index contributed by atoms with van der Waals surface area (Å²) in [5, 5.41) is 8.01. The van der Waals surface area contributed by atoms with Crippen LogP contribution in [0.2, 0.25) is 0 Å². The molecule has 4 nitrogen and oxygen atoms in total. The maximum atomic E-state index is 10.9. The van der Waals surface area contributed by atoms with Gasteiger partial charge in [-0.05, 0) is 6.92 Å². The van der Waals surface area contributed by atoms with Crippen molar-refractivity contribution in [2.75, 3.05) is 0 Å². The molecule has 4 heteroatoms. The Hall–Kier alpha value is -1.19. The van der Waals surface area contributed by atoms with Gasteiger partial charge in [0.05, 0.1) is 11.9 Å². The fourth-order valence-electron chi connectivity index (χ4n) is 0.939. The molecule has 1 heterocycles. The van der Waals surface area contributed by atoms with Crippen molar-refractivity contribution in [3.05, 3.63) is 11.9 Å². The minimum Gasteiger partial charge on any atom is -0.300 e. The van der Waals surface area contributed by atoms with Gasteiger partial charge in [0.25, 0.3) is 0 Å². The Morgan fingerprint density at radius 1 is 1.75 bits per heavy atom. The summed E-state index contributed by atoms with van der Waals surface area (Å²) >= 11 is 0. The van der Waals surface area contributed by atoms with Crippen LogP contribution in [0.5, 0.6) is 0 Å². The molecule has 0 radical (unpaired) electrons. The van der Waals surface area contributed by atoms with E-state index in [0.29, 0.717) is 6.42 Å². The van der Waals surface area contributed by atoms with Gasteiger partial charge in [0.1, 0.15) is 5.78 Å². The third-order valence-electron chi connectivity index (χ3n) is 1.86. The molecule has 1 atom stereocenters. The molecule has 0 saturated carbocycles. The standard InChI is InChI=1S/C8H13N3O/c1-6(7(2)12)4-8-5-9-11(3)10-8/h5-6H,4H2,1-3H3. The molecule has 1 unspecified atom stereocenters. The van der Waals surface area contributed by atoms with E-state index in [1.807, 2.05) is 6.92 Å². The van der Waals surface area contributed by atoms with Crippen molar-refractivity contribution in [3.8, 4) is 0 Å². The van der Waals surface area contributed by atoms with Gasteiger partial charge in [-0.1, -0.05) is 6.92 Å². The van der Waals surface area contributed by atoms with Crippen LogP contribution in [0.3, 0.4) is 0 Å². The van der Waals surface area contributed by atoms with Crippen molar-refractivity contribution < 1.29 is 4.79 Å². The first-order valence-corrected chi connectivity index (χ1v) is 3.95. The first-order chi connectivity index (χ1) is 5.59. The number of aryl methyl sites for hydroxylation is 1. The number of rotatable bonds is 3. The second kappa shape index (κ2) is 3.47. The zero-order chi connectivity index (χ0) is 9.14. The minimum absolute atomic E-state index is 0.0432. The highest BCUT2D eigenvalue weighted by Crippen LogP contribution is 2.04. The van der Waals surface area contributed by atoms with Crippen LogP contribution in [-0.2, 0) is 18.3 Å². The molecule has 0 amide bonds. The van der Waals surface area contributed by atoms with Crippen LogP contribution < -0.4 is 0 Å². The lowest BCUT2D eigenvalue weighted by molar-refractivity contribution is -0.120. The van der Waals surface area contributed by atoms with Gasteiger partial charge >= 0.3 is 0 Å². The Balaban J connectivity index is 2.58. The van der Waals surface area contributed by atoms with Gasteiger partial charge < -0.3 is 0 Å². The van der Waals surface area contributed by atoms with Gasteiger partial charge in [0.2, 0.25) is 0 Å². The third kappa shape index (κ3) is 2.15. The van der Waals surface area contributed by atoms with Crippen LogP contribution >= 0.6 is 0 Å². The molecule has 0 aliphatic heterocycles. The summed E-state index contributed by atoms with van der Waals surface area (Å²) in [5.74, 6) is 0.238. The van der Waals surface area contributed by atoms with E-state index < -0.39 is 0 Å². The van der Waals surface area contributed by atoms with Crippen LogP contribution in [0, 0.1) is 5.92 Å².